The number of nitrogens with one attached hydrogen (secondary N) is 3. The van der Waals surface area contributed by atoms with Crippen molar-refractivity contribution in [3.05, 3.63) is 53.9 Å². The molecule has 11 nitrogen and oxygen atoms in total. The molecule has 33 heavy (non-hydrogen) atoms. The van der Waals surface area contributed by atoms with Gasteiger partial charge in [-0.15, -0.1) is 0 Å². The Balaban J connectivity index is 1.57. The lowest BCUT2D eigenvalue weighted by Crippen LogP contribution is -2.43. The Bertz CT molecular complexity index is 1150. The first-order valence-corrected chi connectivity index (χ1v) is 10.4. The highest BCUT2D eigenvalue weighted by Gasteiger charge is 2.24. The standard InChI is InChI=1S/C21H23FN8O3/c22-14-8-13(18(24)31)19(30-20(14)29-16-4-2-1-3-15(16)23)27-11-7-12(10-25-9-11)28-21(32)17-5-6-26-33-17/h5-10,15-16H,1-4,23H2,(H2,24,31)(H,28,32)(H2,27,29,30). The molecule has 1 fully saturated rings. The zero-order valence-electron chi connectivity index (χ0n) is 17.5. The van der Waals surface area contributed by atoms with Gasteiger partial charge in [-0.2, -0.15) is 0 Å². The number of hydrogen-bond donors (Lipinski definition) is 5. The second-order valence-electron chi connectivity index (χ2n) is 7.70. The van der Waals surface area contributed by atoms with Gasteiger partial charge in [0.15, 0.2) is 11.6 Å². The number of anilines is 4. The maximum atomic E-state index is 14.7. The van der Waals surface area contributed by atoms with Crippen molar-refractivity contribution in [3.8, 4) is 0 Å². The molecule has 1 aliphatic rings. The molecule has 0 spiro atoms. The first-order chi connectivity index (χ1) is 15.9. The summed E-state index contributed by atoms with van der Waals surface area (Å²) in [5.74, 6) is -2.05. The number of nitrogens with two attached hydrogens (primary N) is 2. The van der Waals surface area contributed by atoms with Crippen LogP contribution >= 0.6 is 0 Å². The maximum absolute atomic E-state index is 14.7. The summed E-state index contributed by atoms with van der Waals surface area (Å²) in [5, 5.41) is 12.1. The molecule has 12 heteroatoms. The topological polar surface area (TPSA) is 174 Å². The Morgan fingerprint density at radius 1 is 1.12 bits per heavy atom. The van der Waals surface area contributed by atoms with Gasteiger partial charge in [-0.3, -0.25) is 14.6 Å². The van der Waals surface area contributed by atoms with Gasteiger partial charge in [0, 0.05) is 18.2 Å². The van der Waals surface area contributed by atoms with Gasteiger partial charge in [-0.05, 0) is 25.0 Å². The SMILES string of the molecule is NC(=O)c1cc(F)c(NC2CCCCC2N)nc1Nc1cncc(NC(=O)c2ccno2)c1. The fourth-order valence-electron chi connectivity index (χ4n) is 3.63. The Morgan fingerprint density at radius 2 is 1.91 bits per heavy atom. The van der Waals surface area contributed by atoms with Crippen molar-refractivity contribution in [1.82, 2.24) is 15.1 Å². The van der Waals surface area contributed by atoms with Crippen molar-refractivity contribution in [2.45, 2.75) is 37.8 Å². The molecule has 1 saturated carbocycles. The summed E-state index contributed by atoms with van der Waals surface area (Å²) in [6.45, 7) is 0. The van der Waals surface area contributed by atoms with E-state index in [0.717, 1.165) is 31.7 Å². The molecule has 3 aromatic heterocycles. The highest BCUT2D eigenvalue weighted by molar-refractivity contribution is 6.02. The summed E-state index contributed by atoms with van der Waals surface area (Å²) in [6, 6.07) is 3.74. The van der Waals surface area contributed by atoms with Crippen LogP contribution < -0.4 is 27.4 Å². The number of carbonyl (C=O) groups excluding carboxylic acids is 2. The number of primary amides is 1. The molecule has 0 bridgehead atoms. The quantitative estimate of drug-likeness (QED) is 0.359. The van der Waals surface area contributed by atoms with Gasteiger partial charge >= 0.3 is 0 Å². The third kappa shape index (κ3) is 5.23. The van der Waals surface area contributed by atoms with Crippen LogP contribution in [0, 0.1) is 5.82 Å². The number of amides is 2. The van der Waals surface area contributed by atoms with Crippen LogP contribution in [0.5, 0.6) is 0 Å². The van der Waals surface area contributed by atoms with Crippen molar-refractivity contribution in [2.75, 3.05) is 16.0 Å². The molecule has 1 aliphatic carbocycles. The fourth-order valence-corrected chi connectivity index (χ4v) is 3.63. The number of pyridine rings is 2. The van der Waals surface area contributed by atoms with Gasteiger partial charge in [0.25, 0.3) is 11.8 Å². The van der Waals surface area contributed by atoms with E-state index < -0.39 is 17.6 Å². The van der Waals surface area contributed by atoms with E-state index >= 15 is 0 Å². The number of halogens is 1. The van der Waals surface area contributed by atoms with E-state index in [1.165, 1.54) is 24.7 Å². The average molecular weight is 454 g/mol. The van der Waals surface area contributed by atoms with E-state index in [9.17, 15) is 14.0 Å². The van der Waals surface area contributed by atoms with E-state index in [1.807, 2.05) is 0 Å². The highest BCUT2D eigenvalue weighted by Crippen LogP contribution is 2.27. The third-order valence-corrected chi connectivity index (χ3v) is 5.30. The lowest BCUT2D eigenvalue weighted by atomic mass is 9.91. The normalized spacial score (nSPS) is 17.9. The molecule has 2 unspecified atom stereocenters. The molecule has 2 atom stereocenters. The summed E-state index contributed by atoms with van der Waals surface area (Å²) in [6.07, 6.45) is 7.85. The molecule has 0 aromatic carbocycles. The number of carbonyl (C=O) groups is 2. The molecule has 0 radical (unpaired) electrons. The summed E-state index contributed by atoms with van der Waals surface area (Å²) in [7, 11) is 0. The monoisotopic (exact) mass is 454 g/mol. The number of nitrogens with zero attached hydrogens (tertiary/aromatic N) is 3. The Hall–Kier alpha value is -4.06. The average Bonchev–Trinajstić information content (AvgIpc) is 3.33. The van der Waals surface area contributed by atoms with Gasteiger partial charge in [0.2, 0.25) is 5.76 Å². The third-order valence-electron chi connectivity index (χ3n) is 5.30. The summed E-state index contributed by atoms with van der Waals surface area (Å²) >= 11 is 0. The van der Waals surface area contributed by atoms with Crippen LogP contribution in [0.3, 0.4) is 0 Å². The molecular formula is C21H23FN8O3. The minimum Gasteiger partial charge on any atom is -0.365 e. The highest BCUT2D eigenvalue weighted by atomic mass is 19.1. The Labute approximate surface area is 188 Å². The molecule has 7 N–H and O–H groups in total. The van der Waals surface area contributed by atoms with Crippen LogP contribution in [0.2, 0.25) is 0 Å². The van der Waals surface area contributed by atoms with Gasteiger partial charge < -0.3 is 31.9 Å². The van der Waals surface area contributed by atoms with E-state index in [1.54, 1.807) is 6.07 Å². The molecule has 2 amide bonds. The summed E-state index contributed by atoms with van der Waals surface area (Å²) < 4.78 is 19.5. The Kier molecular flexibility index (Phi) is 6.45. The van der Waals surface area contributed by atoms with E-state index in [0.29, 0.717) is 11.4 Å². The smallest absolute Gasteiger partial charge is 0.294 e. The second kappa shape index (κ2) is 9.61. The fraction of sp³-hybridized carbons (Fsp3) is 0.286. The largest absolute Gasteiger partial charge is 0.365 e. The van der Waals surface area contributed by atoms with Crippen LogP contribution in [0.15, 0.2) is 41.3 Å². The maximum Gasteiger partial charge on any atom is 0.294 e. The van der Waals surface area contributed by atoms with E-state index in [2.05, 4.69) is 31.1 Å². The van der Waals surface area contributed by atoms with Gasteiger partial charge in [0.05, 0.1) is 35.5 Å². The number of aromatic nitrogens is 3. The van der Waals surface area contributed by atoms with Crippen LogP contribution in [-0.4, -0.2) is 39.0 Å². The van der Waals surface area contributed by atoms with Gasteiger partial charge in [-0.25, -0.2) is 9.37 Å². The number of hydrogen-bond acceptors (Lipinski definition) is 9. The summed E-state index contributed by atoms with van der Waals surface area (Å²) in [4.78, 5) is 32.4. The van der Waals surface area contributed by atoms with Crippen molar-refractivity contribution in [3.63, 3.8) is 0 Å². The minimum atomic E-state index is -0.854. The van der Waals surface area contributed by atoms with E-state index in [-0.39, 0.29) is 35.0 Å². The van der Waals surface area contributed by atoms with E-state index in [4.69, 9.17) is 16.0 Å². The minimum absolute atomic E-state index is 0.0289. The predicted octanol–water partition coefficient (Wildman–Crippen LogP) is 2.38. The van der Waals surface area contributed by atoms with Crippen LogP contribution in [0.4, 0.5) is 27.4 Å². The molecule has 0 saturated heterocycles. The molecule has 172 valence electrons. The zero-order valence-corrected chi connectivity index (χ0v) is 17.5. The lowest BCUT2D eigenvalue weighted by molar-refractivity contribution is 0.0984. The lowest BCUT2D eigenvalue weighted by Gasteiger charge is -2.30. The van der Waals surface area contributed by atoms with Crippen molar-refractivity contribution in [2.24, 2.45) is 11.5 Å². The first kappa shape index (κ1) is 22.1. The molecule has 3 heterocycles. The first-order valence-electron chi connectivity index (χ1n) is 10.4. The molecule has 3 aromatic rings. The molecule has 0 aliphatic heterocycles. The van der Waals surface area contributed by atoms with Crippen LogP contribution in [-0.2, 0) is 0 Å². The summed E-state index contributed by atoms with van der Waals surface area (Å²) in [5.41, 5.74) is 12.2. The molecular weight excluding hydrogens is 431 g/mol. The van der Waals surface area contributed by atoms with Crippen LogP contribution in [0.1, 0.15) is 46.6 Å². The molecule has 4 rings (SSSR count). The predicted molar refractivity (Wildman–Crippen MR) is 119 cm³/mol. The zero-order chi connectivity index (χ0) is 23.4. The second-order valence-corrected chi connectivity index (χ2v) is 7.70. The number of rotatable bonds is 7. The van der Waals surface area contributed by atoms with Crippen molar-refractivity contribution >= 4 is 34.8 Å². The van der Waals surface area contributed by atoms with Crippen molar-refractivity contribution in [1.29, 1.82) is 0 Å². The van der Waals surface area contributed by atoms with Gasteiger partial charge in [0.1, 0.15) is 5.82 Å². The Morgan fingerprint density at radius 3 is 2.64 bits per heavy atom. The van der Waals surface area contributed by atoms with Crippen LogP contribution in [0.25, 0.3) is 0 Å². The van der Waals surface area contributed by atoms with Gasteiger partial charge in [-0.1, -0.05) is 18.0 Å². The van der Waals surface area contributed by atoms with Crippen molar-refractivity contribution < 1.29 is 18.5 Å².